The Morgan fingerprint density at radius 3 is 2.63 bits per heavy atom. The van der Waals surface area contributed by atoms with Crippen LogP contribution in [-0.2, 0) is 0 Å². The van der Waals surface area contributed by atoms with Gasteiger partial charge in [0.25, 0.3) is 5.91 Å². The monoisotopic (exact) mass is 301 g/mol. The number of nitrogens with zero attached hydrogens (tertiary/aromatic N) is 3. The Morgan fingerprint density at radius 1 is 1.47 bits per heavy atom. The number of aromatic nitrogens is 1. The number of amides is 1. The fourth-order valence-electron chi connectivity index (χ4n) is 2.42. The van der Waals surface area contributed by atoms with Gasteiger partial charge in [0.1, 0.15) is 10.3 Å². The molecule has 1 unspecified atom stereocenters. The van der Waals surface area contributed by atoms with E-state index in [9.17, 15) is 4.79 Å². The van der Waals surface area contributed by atoms with E-state index in [0.717, 1.165) is 13.0 Å². The van der Waals surface area contributed by atoms with E-state index in [0.29, 0.717) is 18.2 Å². The molecule has 0 N–H and O–H groups in total. The summed E-state index contributed by atoms with van der Waals surface area (Å²) in [7, 11) is 3.90. The van der Waals surface area contributed by atoms with Crippen molar-refractivity contribution in [3.63, 3.8) is 0 Å². The number of carbonyl (C=O) groups is 1. The van der Waals surface area contributed by atoms with Crippen molar-refractivity contribution in [1.82, 2.24) is 14.8 Å². The SMILES string of the molecule is CN(CC1CCCN1C)C(=O)c1cc(Cl)nc(Cl)c1. The molecule has 6 heteroatoms. The Morgan fingerprint density at radius 2 is 2.11 bits per heavy atom. The van der Waals surface area contributed by atoms with E-state index < -0.39 is 0 Å². The van der Waals surface area contributed by atoms with E-state index in [-0.39, 0.29) is 16.2 Å². The van der Waals surface area contributed by atoms with E-state index in [4.69, 9.17) is 23.2 Å². The molecule has 1 amide bonds. The highest BCUT2D eigenvalue weighted by molar-refractivity contribution is 6.33. The van der Waals surface area contributed by atoms with Gasteiger partial charge in [0.2, 0.25) is 0 Å². The molecule has 0 bridgehead atoms. The smallest absolute Gasteiger partial charge is 0.253 e. The van der Waals surface area contributed by atoms with Gasteiger partial charge in [0.05, 0.1) is 0 Å². The summed E-state index contributed by atoms with van der Waals surface area (Å²) < 4.78 is 0. The molecule has 2 rings (SSSR count). The van der Waals surface area contributed by atoms with Crippen LogP contribution in [0.15, 0.2) is 12.1 Å². The number of hydrogen-bond acceptors (Lipinski definition) is 3. The Bertz CT molecular complexity index is 461. The minimum atomic E-state index is -0.0773. The fourth-order valence-corrected chi connectivity index (χ4v) is 2.88. The van der Waals surface area contributed by atoms with Crippen molar-refractivity contribution in [3.8, 4) is 0 Å². The summed E-state index contributed by atoms with van der Waals surface area (Å²) >= 11 is 11.6. The van der Waals surface area contributed by atoms with Gasteiger partial charge in [-0.2, -0.15) is 0 Å². The van der Waals surface area contributed by atoms with Gasteiger partial charge in [0.15, 0.2) is 0 Å². The Labute approximate surface area is 123 Å². The molecule has 0 spiro atoms. The summed E-state index contributed by atoms with van der Waals surface area (Å²) in [5.74, 6) is -0.0773. The molecule has 0 radical (unpaired) electrons. The van der Waals surface area contributed by atoms with Gasteiger partial charge < -0.3 is 9.80 Å². The van der Waals surface area contributed by atoms with E-state index in [1.165, 1.54) is 6.42 Å². The van der Waals surface area contributed by atoms with Gasteiger partial charge in [-0.25, -0.2) is 4.98 Å². The van der Waals surface area contributed by atoms with Gasteiger partial charge in [0, 0.05) is 25.2 Å². The molecule has 0 saturated carbocycles. The molecule has 1 aliphatic heterocycles. The summed E-state index contributed by atoms with van der Waals surface area (Å²) in [5, 5.41) is 0.476. The fraction of sp³-hybridized carbons (Fsp3) is 0.538. The third-order valence-electron chi connectivity index (χ3n) is 3.51. The number of pyridine rings is 1. The van der Waals surface area contributed by atoms with Gasteiger partial charge in [-0.15, -0.1) is 0 Å². The zero-order valence-corrected chi connectivity index (χ0v) is 12.6. The third-order valence-corrected chi connectivity index (χ3v) is 3.90. The predicted octanol–water partition coefficient (Wildman–Crippen LogP) is 2.55. The highest BCUT2D eigenvalue weighted by Crippen LogP contribution is 2.18. The van der Waals surface area contributed by atoms with Crippen LogP contribution in [0.3, 0.4) is 0 Å². The lowest BCUT2D eigenvalue weighted by Crippen LogP contribution is -2.39. The Kier molecular flexibility index (Phi) is 4.66. The summed E-state index contributed by atoms with van der Waals surface area (Å²) in [6.07, 6.45) is 2.32. The molecule has 4 nitrogen and oxygen atoms in total. The molecule has 19 heavy (non-hydrogen) atoms. The predicted molar refractivity (Wildman–Crippen MR) is 76.9 cm³/mol. The summed E-state index contributed by atoms with van der Waals surface area (Å²) in [6.45, 7) is 1.81. The lowest BCUT2D eigenvalue weighted by Gasteiger charge is -2.26. The van der Waals surface area contributed by atoms with E-state index in [1.54, 1.807) is 24.1 Å². The Hall–Kier alpha value is -0.840. The number of rotatable bonds is 3. The summed E-state index contributed by atoms with van der Waals surface area (Å²) in [4.78, 5) is 20.2. The average molecular weight is 302 g/mol. The normalized spacial score (nSPS) is 19.7. The molecule has 0 aromatic carbocycles. The molecule has 1 aromatic rings. The third kappa shape index (κ3) is 3.59. The quantitative estimate of drug-likeness (QED) is 0.805. The minimum absolute atomic E-state index is 0.0773. The number of likely N-dealkylation sites (tertiary alicyclic amines) is 1. The maximum absolute atomic E-state index is 12.3. The maximum Gasteiger partial charge on any atom is 0.253 e. The molecular weight excluding hydrogens is 285 g/mol. The van der Waals surface area contributed by atoms with Gasteiger partial charge in [-0.3, -0.25) is 4.79 Å². The van der Waals surface area contributed by atoms with Crippen LogP contribution >= 0.6 is 23.2 Å². The molecular formula is C13H17Cl2N3O. The Balaban J connectivity index is 2.06. The summed E-state index contributed by atoms with van der Waals surface area (Å²) in [5.41, 5.74) is 0.480. The van der Waals surface area contributed by atoms with Crippen LogP contribution < -0.4 is 0 Å². The zero-order chi connectivity index (χ0) is 14.0. The molecule has 1 aromatic heterocycles. The second kappa shape index (κ2) is 6.07. The van der Waals surface area contributed by atoms with Crippen molar-refractivity contribution in [2.24, 2.45) is 0 Å². The highest BCUT2D eigenvalue weighted by Gasteiger charge is 2.24. The standard InChI is InChI=1S/C13H17Cl2N3O/c1-17-5-3-4-10(17)8-18(2)13(19)9-6-11(14)16-12(15)7-9/h6-7,10H,3-5,8H2,1-2H3. The average Bonchev–Trinajstić information content (AvgIpc) is 2.72. The van der Waals surface area contributed by atoms with Crippen molar-refractivity contribution in [1.29, 1.82) is 0 Å². The number of likely N-dealkylation sites (N-methyl/N-ethyl adjacent to an activating group) is 2. The van der Waals surface area contributed by atoms with Crippen molar-refractivity contribution in [2.45, 2.75) is 18.9 Å². The largest absolute Gasteiger partial charge is 0.340 e. The molecule has 0 aliphatic carbocycles. The van der Waals surface area contributed by atoms with Gasteiger partial charge in [-0.05, 0) is 38.6 Å². The highest BCUT2D eigenvalue weighted by atomic mass is 35.5. The molecule has 1 aliphatic rings. The van der Waals surface area contributed by atoms with Gasteiger partial charge in [-0.1, -0.05) is 23.2 Å². The zero-order valence-electron chi connectivity index (χ0n) is 11.1. The molecule has 104 valence electrons. The van der Waals surface area contributed by atoms with Crippen LogP contribution in [0.2, 0.25) is 10.3 Å². The lowest BCUT2D eigenvalue weighted by molar-refractivity contribution is 0.0761. The topological polar surface area (TPSA) is 36.4 Å². The van der Waals surface area contributed by atoms with Crippen LogP contribution in [0.4, 0.5) is 0 Å². The van der Waals surface area contributed by atoms with Crippen molar-refractivity contribution >= 4 is 29.1 Å². The van der Waals surface area contributed by atoms with Gasteiger partial charge >= 0.3 is 0 Å². The first-order chi connectivity index (χ1) is 8.97. The first-order valence-electron chi connectivity index (χ1n) is 6.26. The second-order valence-corrected chi connectivity index (χ2v) is 5.74. The molecule has 1 fully saturated rings. The van der Waals surface area contributed by atoms with Crippen molar-refractivity contribution in [3.05, 3.63) is 28.0 Å². The molecule has 1 saturated heterocycles. The molecule has 1 atom stereocenters. The van der Waals surface area contributed by atoms with E-state index in [1.807, 2.05) is 0 Å². The van der Waals surface area contributed by atoms with Crippen LogP contribution in [0.25, 0.3) is 0 Å². The number of halogens is 2. The van der Waals surface area contributed by atoms with Crippen LogP contribution in [-0.4, -0.2) is 53.9 Å². The van der Waals surface area contributed by atoms with Crippen LogP contribution in [0.1, 0.15) is 23.2 Å². The minimum Gasteiger partial charge on any atom is -0.340 e. The second-order valence-electron chi connectivity index (χ2n) is 4.96. The maximum atomic E-state index is 12.3. The molecule has 2 heterocycles. The number of hydrogen-bond donors (Lipinski definition) is 0. The van der Waals surface area contributed by atoms with E-state index in [2.05, 4.69) is 16.9 Å². The summed E-state index contributed by atoms with van der Waals surface area (Å²) in [6, 6.07) is 3.52. The van der Waals surface area contributed by atoms with Crippen LogP contribution in [0.5, 0.6) is 0 Å². The van der Waals surface area contributed by atoms with E-state index >= 15 is 0 Å². The van der Waals surface area contributed by atoms with Crippen LogP contribution in [0, 0.1) is 0 Å². The lowest BCUT2D eigenvalue weighted by atomic mass is 10.2. The first kappa shape index (κ1) is 14.6. The van der Waals surface area contributed by atoms with Crippen molar-refractivity contribution < 1.29 is 4.79 Å². The number of carbonyl (C=O) groups excluding carboxylic acids is 1. The van der Waals surface area contributed by atoms with Crippen molar-refractivity contribution in [2.75, 3.05) is 27.2 Å². The first-order valence-corrected chi connectivity index (χ1v) is 7.02.